The van der Waals surface area contributed by atoms with Crippen LogP contribution >= 0.6 is 27.3 Å². The van der Waals surface area contributed by atoms with E-state index in [1.807, 2.05) is 6.92 Å². The van der Waals surface area contributed by atoms with Crippen molar-refractivity contribution in [2.24, 2.45) is 0 Å². The Hall–Kier alpha value is -3.44. The highest BCUT2D eigenvalue weighted by molar-refractivity contribution is 9.10. The van der Waals surface area contributed by atoms with Crippen LogP contribution in [0, 0.1) is 6.92 Å². The van der Waals surface area contributed by atoms with E-state index in [-0.39, 0.29) is 34.1 Å². The van der Waals surface area contributed by atoms with Crippen LogP contribution in [0.3, 0.4) is 0 Å². The molecule has 0 saturated carbocycles. The van der Waals surface area contributed by atoms with Crippen molar-refractivity contribution in [3.8, 4) is 17.2 Å². The number of aryl methyl sites for hydroxylation is 1. The van der Waals surface area contributed by atoms with Gasteiger partial charge in [0.05, 0.1) is 23.2 Å². The third-order valence-electron chi connectivity index (χ3n) is 5.92. The van der Waals surface area contributed by atoms with Crippen LogP contribution in [0.2, 0.25) is 0 Å². The summed E-state index contributed by atoms with van der Waals surface area (Å²) in [4.78, 5) is 27.8. The molecule has 0 radical (unpaired) electrons. The number of amides is 1. The summed E-state index contributed by atoms with van der Waals surface area (Å²) in [7, 11) is 1.39. The van der Waals surface area contributed by atoms with Gasteiger partial charge in [-0.3, -0.25) is 14.5 Å². The van der Waals surface area contributed by atoms with Gasteiger partial charge in [-0.2, -0.15) is 0 Å². The van der Waals surface area contributed by atoms with Crippen LogP contribution in [-0.2, 0) is 16.0 Å². The number of hydrogen-bond donors (Lipinski definition) is 2. The SMILES string of the molecule is COc1cc(C2C(=C(O)c3ccc4c(c3)CC(C)O4)C(=O)C(=O)N2c2nnc(C)s2)cc(Br)c1O. The Labute approximate surface area is 212 Å². The van der Waals surface area contributed by atoms with Crippen molar-refractivity contribution in [2.75, 3.05) is 12.0 Å². The van der Waals surface area contributed by atoms with Gasteiger partial charge in [-0.25, -0.2) is 0 Å². The molecule has 2 unspecified atom stereocenters. The van der Waals surface area contributed by atoms with Crippen molar-refractivity contribution in [2.45, 2.75) is 32.4 Å². The Morgan fingerprint density at radius 3 is 2.71 bits per heavy atom. The average molecular weight is 558 g/mol. The second-order valence-electron chi connectivity index (χ2n) is 8.28. The number of hydrogen-bond acceptors (Lipinski definition) is 9. The van der Waals surface area contributed by atoms with E-state index < -0.39 is 17.7 Å². The van der Waals surface area contributed by atoms with Crippen molar-refractivity contribution in [1.82, 2.24) is 10.2 Å². The van der Waals surface area contributed by atoms with E-state index in [1.54, 1.807) is 31.2 Å². The molecule has 2 aliphatic heterocycles. The van der Waals surface area contributed by atoms with Crippen molar-refractivity contribution in [3.05, 3.63) is 62.1 Å². The molecule has 180 valence electrons. The topological polar surface area (TPSA) is 122 Å². The summed E-state index contributed by atoms with van der Waals surface area (Å²) in [6.45, 7) is 3.69. The first-order valence-electron chi connectivity index (χ1n) is 10.7. The zero-order valence-electron chi connectivity index (χ0n) is 18.9. The molecule has 11 heteroatoms. The number of methoxy groups -OCH3 is 1. The molecule has 1 fully saturated rings. The monoisotopic (exact) mass is 557 g/mol. The van der Waals surface area contributed by atoms with Gasteiger partial charge in [0.15, 0.2) is 11.5 Å². The van der Waals surface area contributed by atoms with E-state index in [0.29, 0.717) is 27.0 Å². The van der Waals surface area contributed by atoms with Gasteiger partial charge in [-0.15, -0.1) is 10.2 Å². The van der Waals surface area contributed by atoms with Crippen LogP contribution in [0.5, 0.6) is 17.2 Å². The Balaban J connectivity index is 1.73. The number of ether oxygens (including phenoxy) is 2. The molecule has 3 heterocycles. The molecule has 5 rings (SSSR count). The molecule has 2 aromatic carbocycles. The van der Waals surface area contributed by atoms with Crippen molar-refractivity contribution in [1.29, 1.82) is 0 Å². The van der Waals surface area contributed by atoms with E-state index in [2.05, 4.69) is 26.1 Å². The van der Waals surface area contributed by atoms with Crippen molar-refractivity contribution in [3.63, 3.8) is 0 Å². The fourth-order valence-electron chi connectivity index (χ4n) is 4.36. The number of phenolic OH excluding ortho intramolecular Hbond substituents is 1. The minimum atomic E-state index is -1.03. The predicted molar refractivity (Wildman–Crippen MR) is 132 cm³/mol. The molecular formula is C24H20BrN3O6S. The maximum atomic E-state index is 13.3. The van der Waals surface area contributed by atoms with Gasteiger partial charge >= 0.3 is 5.91 Å². The first-order chi connectivity index (χ1) is 16.7. The maximum Gasteiger partial charge on any atom is 0.301 e. The fourth-order valence-corrected chi connectivity index (χ4v) is 5.53. The highest BCUT2D eigenvalue weighted by atomic mass is 79.9. The lowest BCUT2D eigenvalue weighted by Crippen LogP contribution is -2.29. The Kier molecular flexibility index (Phi) is 5.76. The minimum absolute atomic E-state index is 0.00966. The Morgan fingerprint density at radius 1 is 1.26 bits per heavy atom. The van der Waals surface area contributed by atoms with Gasteiger partial charge in [0, 0.05) is 12.0 Å². The number of carbonyl (C=O) groups excluding carboxylic acids is 2. The third kappa shape index (κ3) is 3.84. The Bertz CT molecular complexity index is 1420. The van der Waals surface area contributed by atoms with Crippen molar-refractivity contribution >= 4 is 49.8 Å². The lowest BCUT2D eigenvalue weighted by molar-refractivity contribution is -0.132. The van der Waals surface area contributed by atoms with E-state index in [1.165, 1.54) is 18.1 Å². The second kappa shape index (κ2) is 8.65. The van der Waals surface area contributed by atoms with Crippen LogP contribution in [0.1, 0.15) is 34.7 Å². The summed E-state index contributed by atoms with van der Waals surface area (Å²) in [5, 5.41) is 30.6. The standard InChI is InChI=1S/C24H20BrN3O6S/c1-10-6-13-7-12(4-5-16(13)34-10)20(29)18-19(14-8-15(25)21(30)17(9-14)33-3)28(23(32)22(18)31)24-27-26-11(2)35-24/h4-5,7-10,19,29-30H,6H2,1-3H3. The average Bonchev–Trinajstić information content (AvgIpc) is 3.49. The molecule has 35 heavy (non-hydrogen) atoms. The highest BCUT2D eigenvalue weighted by Gasteiger charge is 2.48. The molecule has 1 aromatic heterocycles. The van der Waals surface area contributed by atoms with Crippen molar-refractivity contribution < 1.29 is 29.3 Å². The van der Waals surface area contributed by atoms with Gasteiger partial charge in [0.25, 0.3) is 5.78 Å². The number of Topliss-reactive ketones (excluding diaryl/α,β-unsaturated/α-hetero) is 1. The molecule has 0 bridgehead atoms. The number of carbonyl (C=O) groups is 2. The largest absolute Gasteiger partial charge is 0.507 e. The number of aliphatic hydroxyl groups excluding tert-OH is 1. The molecule has 3 aromatic rings. The lowest BCUT2D eigenvalue weighted by Gasteiger charge is -2.23. The summed E-state index contributed by atoms with van der Waals surface area (Å²) >= 11 is 4.45. The van der Waals surface area contributed by atoms with Crippen LogP contribution in [0.15, 0.2) is 40.4 Å². The van der Waals surface area contributed by atoms with Crippen LogP contribution in [0.4, 0.5) is 5.13 Å². The van der Waals surface area contributed by atoms with E-state index in [9.17, 15) is 19.8 Å². The van der Waals surface area contributed by atoms with Crippen LogP contribution in [0.25, 0.3) is 5.76 Å². The first kappa shape index (κ1) is 23.3. The normalized spacial score (nSPS) is 20.7. The van der Waals surface area contributed by atoms with Crippen LogP contribution < -0.4 is 14.4 Å². The fraction of sp³-hybridized carbons (Fsp3) is 0.250. The molecule has 9 nitrogen and oxygen atoms in total. The molecule has 0 spiro atoms. The van der Waals surface area contributed by atoms with Gasteiger partial charge in [-0.05, 0) is 71.2 Å². The van der Waals surface area contributed by atoms with Gasteiger partial charge in [0.2, 0.25) is 5.13 Å². The van der Waals surface area contributed by atoms with E-state index in [4.69, 9.17) is 9.47 Å². The number of aliphatic hydroxyl groups is 1. The predicted octanol–water partition coefficient (Wildman–Crippen LogP) is 4.27. The minimum Gasteiger partial charge on any atom is -0.507 e. The third-order valence-corrected chi connectivity index (χ3v) is 7.36. The number of nitrogens with zero attached hydrogens (tertiary/aromatic N) is 3. The number of ketones is 1. The molecule has 1 amide bonds. The number of phenols is 1. The smallest absolute Gasteiger partial charge is 0.301 e. The van der Waals surface area contributed by atoms with Gasteiger partial charge in [0.1, 0.15) is 22.6 Å². The number of halogens is 1. The molecule has 2 aliphatic rings. The van der Waals surface area contributed by atoms with E-state index in [0.717, 1.165) is 22.6 Å². The number of benzene rings is 2. The lowest BCUT2D eigenvalue weighted by atomic mass is 9.94. The summed E-state index contributed by atoms with van der Waals surface area (Å²) in [6, 6.07) is 7.22. The molecule has 0 aliphatic carbocycles. The number of anilines is 1. The van der Waals surface area contributed by atoms with Gasteiger partial charge in [-0.1, -0.05) is 11.3 Å². The Morgan fingerprint density at radius 2 is 2.03 bits per heavy atom. The molecular weight excluding hydrogens is 538 g/mol. The van der Waals surface area contributed by atoms with Gasteiger partial charge < -0.3 is 19.7 Å². The molecule has 1 saturated heterocycles. The zero-order valence-corrected chi connectivity index (χ0v) is 21.3. The molecule has 2 atom stereocenters. The second-order valence-corrected chi connectivity index (χ2v) is 10.3. The maximum absolute atomic E-state index is 13.3. The number of fused-ring (bicyclic) bond motifs is 1. The van der Waals surface area contributed by atoms with E-state index >= 15 is 0 Å². The quantitative estimate of drug-likeness (QED) is 0.277. The number of rotatable bonds is 4. The summed E-state index contributed by atoms with van der Waals surface area (Å²) in [5.74, 6) is -1.28. The number of aromatic nitrogens is 2. The summed E-state index contributed by atoms with van der Waals surface area (Å²) in [6.07, 6.45) is 0.677. The summed E-state index contributed by atoms with van der Waals surface area (Å²) < 4.78 is 11.3. The zero-order chi connectivity index (χ0) is 25.0. The summed E-state index contributed by atoms with van der Waals surface area (Å²) in [5.41, 5.74) is 1.62. The van der Waals surface area contributed by atoms with Crippen LogP contribution in [-0.4, -0.2) is 45.3 Å². The first-order valence-corrected chi connectivity index (χ1v) is 12.3. The molecule has 2 N–H and O–H groups in total. The highest BCUT2D eigenvalue weighted by Crippen LogP contribution is 2.46. The number of aromatic hydroxyl groups is 1.